The van der Waals surface area contributed by atoms with Crippen LogP contribution in [0.2, 0.25) is 5.02 Å². The lowest BCUT2D eigenvalue weighted by atomic mass is 10.2. The minimum absolute atomic E-state index is 0.0470. The molecule has 0 atom stereocenters. The number of rotatable bonds is 4. The van der Waals surface area contributed by atoms with Crippen LogP contribution >= 0.6 is 11.6 Å². The first kappa shape index (κ1) is 14.1. The zero-order valence-electron chi connectivity index (χ0n) is 10.3. The third kappa shape index (κ3) is 3.19. The Labute approximate surface area is 119 Å². The van der Waals surface area contributed by atoms with Crippen LogP contribution < -0.4 is 10.5 Å². The van der Waals surface area contributed by atoms with Crippen molar-refractivity contribution in [3.05, 3.63) is 58.4 Å². The highest BCUT2D eigenvalue weighted by molar-refractivity contribution is 6.30. The largest absolute Gasteiger partial charge is 0.487 e. The Balaban J connectivity index is 2.18. The Morgan fingerprint density at radius 3 is 2.70 bits per heavy atom. The molecule has 0 spiro atoms. The Kier molecular flexibility index (Phi) is 4.10. The van der Waals surface area contributed by atoms with E-state index in [2.05, 4.69) is 0 Å². The summed E-state index contributed by atoms with van der Waals surface area (Å²) < 4.78 is 18.9. The number of anilines is 1. The van der Waals surface area contributed by atoms with Crippen LogP contribution in [0.25, 0.3) is 0 Å². The Morgan fingerprint density at radius 1 is 1.30 bits per heavy atom. The maximum absolute atomic E-state index is 13.6. The molecule has 3 N–H and O–H groups in total. The topological polar surface area (TPSA) is 72.6 Å². The second-order valence-electron chi connectivity index (χ2n) is 4.08. The fourth-order valence-corrected chi connectivity index (χ4v) is 1.75. The van der Waals surface area contributed by atoms with Gasteiger partial charge in [-0.15, -0.1) is 0 Å². The fraction of sp³-hybridized carbons (Fsp3) is 0.0714. The van der Waals surface area contributed by atoms with Gasteiger partial charge in [0.25, 0.3) is 0 Å². The summed E-state index contributed by atoms with van der Waals surface area (Å²) in [4.78, 5) is 10.9. The number of benzene rings is 2. The molecule has 0 heterocycles. The summed E-state index contributed by atoms with van der Waals surface area (Å²) in [5, 5.41) is 9.18. The van der Waals surface area contributed by atoms with Crippen LogP contribution in [0.4, 0.5) is 10.1 Å². The molecule has 0 radical (unpaired) electrons. The molecule has 2 aromatic carbocycles. The molecule has 0 aliphatic rings. The van der Waals surface area contributed by atoms with Crippen molar-refractivity contribution in [3.63, 3.8) is 0 Å². The predicted octanol–water partition coefficient (Wildman–Crippen LogP) is 3.34. The minimum Gasteiger partial charge on any atom is -0.487 e. The molecule has 0 saturated carbocycles. The number of aromatic carboxylic acids is 1. The summed E-state index contributed by atoms with van der Waals surface area (Å²) in [7, 11) is 0. The number of carboxylic acid groups (broad SMARTS) is 1. The summed E-state index contributed by atoms with van der Waals surface area (Å²) in [6, 6.07) is 8.31. The molecule has 2 aromatic rings. The molecule has 4 nitrogen and oxygen atoms in total. The number of carboxylic acids is 1. The zero-order valence-corrected chi connectivity index (χ0v) is 11.0. The van der Waals surface area contributed by atoms with Crippen molar-refractivity contribution < 1.29 is 19.0 Å². The average molecular weight is 296 g/mol. The van der Waals surface area contributed by atoms with Gasteiger partial charge in [-0.05, 0) is 30.3 Å². The van der Waals surface area contributed by atoms with Gasteiger partial charge in [0, 0.05) is 10.6 Å². The zero-order chi connectivity index (χ0) is 14.7. The van der Waals surface area contributed by atoms with Gasteiger partial charge in [-0.25, -0.2) is 9.18 Å². The molecule has 0 aliphatic carbocycles. The van der Waals surface area contributed by atoms with Gasteiger partial charge in [0.1, 0.15) is 18.2 Å². The van der Waals surface area contributed by atoms with Crippen LogP contribution in [0, 0.1) is 5.82 Å². The lowest BCUT2D eigenvalue weighted by molar-refractivity contribution is 0.0696. The average Bonchev–Trinajstić information content (AvgIpc) is 2.39. The summed E-state index contributed by atoms with van der Waals surface area (Å²) >= 11 is 5.65. The van der Waals surface area contributed by atoms with Crippen molar-refractivity contribution >= 4 is 23.3 Å². The third-order valence-corrected chi connectivity index (χ3v) is 2.89. The summed E-state index contributed by atoms with van der Waals surface area (Å²) in [6.07, 6.45) is 0. The molecule has 0 unspecified atom stereocenters. The fourth-order valence-electron chi connectivity index (χ4n) is 1.59. The maximum Gasteiger partial charge on any atom is 0.335 e. The van der Waals surface area contributed by atoms with E-state index >= 15 is 0 Å². The van der Waals surface area contributed by atoms with Crippen molar-refractivity contribution in [3.8, 4) is 5.75 Å². The van der Waals surface area contributed by atoms with Crippen LogP contribution in [0.5, 0.6) is 5.75 Å². The second kappa shape index (κ2) is 5.79. The Bertz CT molecular complexity index is 661. The number of carbonyl (C=O) groups is 1. The van der Waals surface area contributed by atoms with Crippen molar-refractivity contribution in [1.29, 1.82) is 0 Å². The van der Waals surface area contributed by atoms with E-state index in [9.17, 15) is 9.18 Å². The van der Waals surface area contributed by atoms with E-state index in [1.165, 1.54) is 30.3 Å². The van der Waals surface area contributed by atoms with E-state index in [0.29, 0.717) is 10.6 Å². The van der Waals surface area contributed by atoms with Crippen LogP contribution in [-0.4, -0.2) is 11.1 Å². The highest BCUT2D eigenvalue weighted by Crippen LogP contribution is 2.24. The van der Waals surface area contributed by atoms with Crippen LogP contribution in [0.1, 0.15) is 15.9 Å². The van der Waals surface area contributed by atoms with Gasteiger partial charge in [0.2, 0.25) is 0 Å². The highest BCUT2D eigenvalue weighted by atomic mass is 35.5. The van der Waals surface area contributed by atoms with Crippen LogP contribution in [0.3, 0.4) is 0 Å². The number of hydrogen-bond acceptors (Lipinski definition) is 3. The third-order valence-electron chi connectivity index (χ3n) is 2.66. The first-order valence-electron chi connectivity index (χ1n) is 5.67. The quantitative estimate of drug-likeness (QED) is 0.849. The number of nitrogen functional groups attached to an aromatic ring is 1. The van der Waals surface area contributed by atoms with Crippen LogP contribution in [0.15, 0.2) is 36.4 Å². The summed E-state index contributed by atoms with van der Waals surface area (Å²) in [6.45, 7) is -0.0731. The van der Waals surface area contributed by atoms with Crippen molar-refractivity contribution in [2.24, 2.45) is 0 Å². The molecule has 2 rings (SSSR count). The number of nitrogens with two attached hydrogens (primary N) is 1. The Hall–Kier alpha value is -2.27. The van der Waals surface area contributed by atoms with E-state index in [1.807, 2.05) is 0 Å². The van der Waals surface area contributed by atoms with Gasteiger partial charge in [0.15, 0.2) is 0 Å². The number of halogens is 2. The van der Waals surface area contributed by atoms with Gasteiger partial charge in [-0.1, -0.05) is 17.7 Å². The molecule has 104 valence electrons. The molecular weight excluding hydrogens is 285 g/mol. The molecule has 0 aliphatic heterocycles. The monoisotopic (exact) mass is 295 g/mol. The lowest BCUT2D eigenvalue weighted by Gasteiger charge is -2.10. The number of ether oxygens (including phenoxy) is 1. The van der Waals surface area contributed by atoms with E-state index in [4.69, 9.17) is 27.2 Å². The SMILES string of the molecule is Nc1ccc(C(=O)O)cc1OCc1ccc(Cl)cc1F. The van der Waals surface area contributed by atoms with Crippen molar-refractivity contribution in [1.82, 2.24) is 0 Å². The van der Waals surface area contributed by atoms with Crippen LogP contribution in [-0.2, 0) is 6.61 Å². The van der Waals surface area contributed by atoms with Gasteiger partial charge in [0.05, 0.1) is 11.3 Å². The van der Waals surface area contributed by atoms with Gasteiger partial charge < -0.3 is 15.6 Å². The van der Waals surface area contributed by atoms with Crippen molar-refractivity contribution in [2.75, 3.05) is 5.73 Å². The molecule has 20 heavy (non-hydrogen) atoms. The second-order valence-corrected chi connectivity index (χ2v) is 4.52. The molecule has 0 amide bonds. The number of hydrogen-bond donors (Lipinski definition) is 2. The van der Waals surface area contributed by atoms with Gasteiger partial charge >= 0.3 is 5.97 Å². The maximum atomic E-state index is 13.6. The minimum atomic E-state index is -1.09. The molecular formula is C14H11ClFNO3. The normalized spacial score (nSPS) is 10.3. The van der Waals surface area contributed by atoms with E-state index < -0.39 is 11.8 Å². The summed E-state index contributed by atoms with van der Waals surface area (Å²) in [5.41, 5.74) is 6.31. The predicted molar refractivity (Wildman–Crippen MR) is 73.6 cm³/mol. The van der Waals surface area contributed by atoms with E-state index in [0.717, 1.165) is 0 Å². The Morgan fingerprint density at radius 2 is 2.05 bits per heavy atom. The van der Waals surface area contributed by atoms with E-state index in [1.54, 1.807) is 6.07 Å². The first-order chi connectivity index (χ1) is 9.47. The highest BCUT2D eigenvalue weighted by Gasteiger charge is 2.09. The van der Waals surface area contributed by atoms with Gasteiger partial charge in [-0.2, -0.15) is 0 Å². The standard InChI is InChI=1S/C14H11ClFNO3/c15-10-3-1-9(11(16)6-10)7-20-13-5-8(14(18)19)2-4-12(13)17/h1-6H,7,17H2,(H,18,19). The molecule has 0 fully saturated rings. The lowest BCUT2D eigenvalue weighted by Crippen LogP contribution is -2.03. The molecule has 6 heteroatoms. The van der Waals surface area contributed by atoms with Crippen molar-refractivity contribution in [2.45, 2.75) is 6.61 Å². The molecule has 0 aromatic heterocycles. The first-order valence-corrected chi connectivity index (χ1v) is 6.04. The summed E-state index contributed by atoms with van der Waals surface area (Å²) in [5.74, 6) is -1.39. The van der Waals surface area contributed by atoms with E-state index in [-0.39, 0.29) is 23.6 Å². The smallest absolute Gasteiger partial charge is 0.335 e. The molecule has 0 bridgehead atoms. The van der Waals surface area contributed by atoms with Gasteiger partial charge in [-0.3, -0.25) is 0 Å². The molecule has 0 saturated heterocycles.